The Morgan fingerprint density at radius 3 is 1.14 bits per heavy atom. The second kappa shape index (κ2) is 13.6. The number of halogens is 4. The molecular formula is C14H20Cl4Si2Zr. The molecular weight excluding hydrogens is 457 g/mol. The molecule has 0 aliphatic heterocycles. The number of rotatable bonds is 2. The van der Waals surface area contributed by atoms with Crippen LogP contribution in [0.5, 0.6) is 0 Å². The molecule has 2 aromatic carbocycles. The van der Waals surface area contributed by atoms with Gasteiger partial charge in [0.05, 0.1) is 0 Å². The zero-order chi connectivity index (χ0) is 13.7. The van der Waals surface area contributed by atoms with Gasteiger partial charge in [-0.25, -0.2) is 12.1 Å². The molecule has 0 bridgehead atoms. The average molecular weight is 478 g/mol. The predicted octanol–water partition coefficient (Wildman–Crippen LogP) is -2.49. The van der Waals surface area contributed by atoms with Crippen LogP contribution in [0.25, 0.3) is 0 Å². The van der Waals surface area contributed by atoms with E-state index < -0.39 is 17.6 Å². The van der Waals surface area contributed by atoms with Gasteiger partial charge in [-0.15, -0.1) is 33.6 Å². The van der Waals surface area contributed by atoms with Gasteiger partial charge in [-0.2, -0.15) is 24.3 Å². The molecule has 0 unspecified atom stereocenters. The minimum atomic E-state index is -0.651. The molecule has 0 heterocycles. The van der Waals surface area contributed by atoms with E-state index in [1.54, 1.807) is 0 Å². The molecule has 0 aliphatic carbocycles. The first-order valence-electron chi connectivity index (χ1n) is 6.25. The molecule has 2 rings (SSSR count). The quantitative estimate of drug-likeness (QED) is 0.332. The van der Waals surface area contributed by atoms with E-state index in [1.165, 1.54) is 10.4 Å². The summed E-state index contributed by atoms with van der Waals surface area (Å²) in [4.78, 5) is 0. The molecule has 0 nitrogen and oxygen atoms in total. The van der Waals surface area contributed by atoms with Crippen molar-refractivity contribution in [3.8, 4) is 0 Å². The molecule has 0 fully saturated rings. The second-order valence-electron chi connectivity index (χ2n) is 4.97. The van der Waals surface area contributed by atoms with E-state index >= 15 is 0 Å². The molecule has 21 heavy (non-hydrogen) atoms. The Labute approximate surface area is 173 Å². The fraction of sp³-hybridized carbons (Fsp3) is 0.286. The summed E-state index contributed by atoms with van der Waals surface area (Å²) in [7, 11) is -1.30. The van der Waals surface area contributed by atoms with Crippen LogP contribution in [0.15, 0.2) is 36.4 Å². The Morgan fingerprint density at radius 1 is 0.762 bits per heavy atom. The molecule has 0 saturated carbocycles. The van der Waals surface area contributed by atoms with Crippen LogP contribution in [0, 0.1) is 0 Å². The number of hydrogen-bond donors (Lipinski definition) is 0. The Kier molecular flexibility index (Phi) is 17.5. The van der Waals surface area contributed by atoms with Crippen LogP contribution in [0.3, 0.4) is 0 Å². The first-order valence-corrected chi connectivity index (χ1v) is 12.8. The summed E-state index contributed by atoms with van der Waals surface area (Å²) in [6, 6.07) is 12.2. The van der Waals surface area contributed by atoms with Crippen LogP contribution in [-0.4, -0.2) is 17.6 Å². The van der Waals surface area contributed by atoms with E-state index in [0.29, 0.717) is 0 Å². The molecule has 0 spiro atoms. The van der Waals surface area contributed by atoms with Crippen LogP contribution < -0.4 is 35.2 Å². The van der Waals surface area contributed by atoms with Gasteiger partial charge in [-0.3, -0.25) is 0 Å². The van der Waals surface area contributed by atoms with Crippen molar-refractivity contribution in [1.29, 1.82) is 0 Å². The first-order chi connectivity index (χ1) is 8.43. The van der Waals surface area contributed by atoms with Gasteiger partial charge in [0, 0.05) is 17.6 Å². The van der Waals surface area contributed by atoms with Crippen LogP contribution in [0.1, 0.15) is 0 Å². The zero-order valence-corrected chi connectivity index (χ0v) is 20.4. The summed E-state index contributed by atoms with van der Waals surface area (Å²) in [5.74, 6) is 0. The van der Waals surface area contributed by atoms with Gasteiger partial charge in [-0.1, -0.05) is 36.2 Å². The second-order valence-corrected chi connectivity index (χ2v) is 11.6. The third-order valence-corrected chi connectivity index (χ3v) is 7.38. The SMILES string of the molecule is C[SiH](C)[c-]1cccc1Cl.C[SiH](C)[c-]1cccc1Cl.[Cl-].[Cl-].[Zr+4]. The summed E-state index contributed by atoms with van der Waals surface area (Å²) >= 11 is 11.7. The molecule has 0 atom stereocenters. The zero-order valence-electron chi connectivity index (χ0n) is 12.6. The maximum Gasteiger partial charge on any atom is 4.00 e. The van der Waals surface area contributed by atoms with Gasteiger partial charge in [-0.05, 0) is 0 Å². The Bertz CT molecular complexity index is 437. The van der Waals surface area contributed by atoms with Crippen molar-refractivity contribution in [3.05, 3.63) is 46.4 Å². The summed E-state index contributed by atoms with van der Waals surface area (Å²) < 4.78 is 0. The summed E-state index contributed by atoms with van der Waals surface area (Å²) in [5.41, 5.74) is 0. The van der Waals surface area contributed by atoms with E-state index in [-0.39, 0.29) is 51.0 Å². The van der Waals surface area contributed by atoms with Gasteiger partial charge >= 0.3 is 26.2 Å². The maximum absolute atomic E-state index is 5.87. The minimum Gasteiger partial charge on any atom is -1.00 e. The van der Waals surface area contributed by atoms with Crippen molar-refractivity contribution in [1.82, 2.24) is 0 Å². The first kappa shape index (κ1) is 27.0. The molecule has 0 amide bonds. The molecule has 7 heteroatoms. The van der Waals surface area contributed by atoms with Crippen LogP contribution >= 0.6 is 23.2 Å². The largest absolute Gasteiger partial charge is 4.00 e. The molecule has 116 valence electrons. The van der Waals surface area contributed by atoms with E-state index in [4.69, 9.17) is 23.2 Å². The van der Waals surface area contributed by atoms with Crippen molar-refractivity contribution in [2.75, 3.05) is 0 Å². The fourth-order valence-corrected chi connectivity index (χ4v) is 5.63. The summed E-state index contributed by atoms with van der Waals surface area (Å²) in [6.07, 6.45) is 0. The molecule has 0 aliphatic rings. The van der Waals surface area contributed by atoms with Crippen molar-refractivity contribution in [3.63, 3.8) is 0 Å². The average Bonchev–Trinajstić information content (AvgIpc) is 2.87. The van der Waals surface area contributed by atoms with Gasteiger partial charge in [0.15, 0.2) is 0 Å². The number of hydrogen-bond acceptors (Lipinski definition) is 0. The van der Waals surface area contributed by atoms with Crippen LogP contribution in [-0.2, 0) is 26.2 Å². The third-order valence-electron chi connectivity index (χ3n) is 2.83. The normalized spacial score (nSPS) is 9.14. The third kappa shape index (κ3) is 9.15. The standard InChI is InChI=1S/2C7H10ClSi.2ClH.Zr/c2*1-9(2)7-5-3-4-6(7)8;;;/h2*3-5,9H,1-2H3;2*1H;/q2*-1;;;+4/p-2. The van der Waals surface area contributed by atoms with E-state index in [9.17, 15) is 0 Å². The van der Waals surface area contributed by atoms with Gasteiger partial charge < -0.3 is 24.8 Å². The van der Waals surface area contributed by atoms with Gasteiger partial charge in [0.1, 0.15) is 0 Å². The smallest absolute Gasteiger partial charge is 1.00 e. The Balaban J connectivity index is -0.000000270. The Hall–Kier alpha value is 1.18. The monoisotopic (exact) mass is 474 g/mol. The van der Waals surface area contributed by atoms with E-state index in [2.05, 4.69) is 38.3 Å². The minimum absolute atomic E-state index is 0. The topological polar surface area (TPSA) is 0 Å². The van der Waals surface area contributed by atoms with Crippen LogP contribution in [0.2, 0.25) is 36.2 Å². The van der Waals surface area contributed by atoms with E-state index in [0.717, 1.165) is 10.0 Å². The molecule has 2 aromatic rings. The van der Waals surface area contributed by atoms with Crippen molar-refractivity contribution in [2.45, 2.75) is 26.2 Å². The molecule has 0 radical (unpaired) electrons. The predicted molar refractivity (Wildman–Crippen MR) is 91.1 cm³/mol. The fourth-order valence-electron chi connectivity index (χ4n) is 1.76. The van der Waals surface area contributed by atoms with Gasteiger partial charge in [0.25, 0.3) is 0 Å². The summed E-state index contributed by atoms with van der Waals surface area (Å²) in [5, 5.41) is 4.68. The molecule has 0 saturated heterocycles. The molecule has 0 aromatic heterocycles. The van der Waals surface area contributed by atoms with Gasteiger partial charge in [0.2, 0.25) is 0 Å². The summed E-state index contributed by atoms with van der Waals surface area (Å²) in [6.45, 7) is 9.12. The van der Waals surface area contributed by atoms with Crippen molar-refractivity contribution >= 4 is 51.2 Å². The van der Waals surface area contributed by atoms with Crippen molar-refractivity contribution < 1.29 is 51.0 Å². The van der Waals surface area contributed by atoms with Crippen molar-refractivity contribution in [2.24, 2.45) is 0 Å². The Morgan fingerprint density at radius 2 is 1.05 bits per heavy atom. The maximum atomic E-state index is 5.87. The van der Waals surface area contributed by atoms with E-state index in [1.807, 2.05) is 24.3 Å². The molecule has 0 N–H and O–H groups in total. The van der Waals surface area contributed by atoms with Crippen LogP contribution in [0.4, 0.5) is 0 Å².